The van der Waals surface area contributed by atoms with Gasteiger partial charge in [-0.25, -0.2) is 0 Å². The quantitative estimate of drug-likeness (QED) is 0.732. The summed E-state index contributed by atoms with van der Waals surface area (Å²) in [5.41, 5.74) is 6.15. The Morgan fingerprint density at radius 1 is 1.46 bits per heavy atom. The third-order valence-corrected chi connectivity index (χ3v) is 3.46. The maximum Gasteiger partial charge on any atom is 0.0807 e. The molecule has 0 aromatic carbocycles. The summed E-state index contributed by atoms with van der Waals surface area (Å²) < 4.78 is 5.83. The van der Waals surface area contributed by atoms with Crippen molar-refractivity contribution in [2.75, 3.05) is 6.61 Å². The maximum atomic E-state index is 6.21. The Morgan fingerprint density at radius 3 is 2.62 bits per heavy atom. The summed E-state index contributed by atoms with van der Waals surface area (Å²) in [6.07, 6.45) is 4.72. The zero-order valence-corrected chi connectivity index (χ0v) is 9.18. The molecular formula is C11H23NO. The molecule has 1 heterocycles. The van der Waals surface area contributed by atoms with E-state index in [1.807, 2.05) is 0 Å². The van der Waals surface area contributed by atoms with Crippen LogP contribution in [0.2, 0.25) is 0 Å². The van der Waals surface area contributed by atoms with Crippen LogP contribution in [0.1, 0.15) is 46.5 Å². The lowest BCUT2D eigenvalue weighted by Gasteiger charge is -2.41. The highest BCUT2D eigenvalue weighted by molar-refractivity contribution is 4.91. The fourth-order valence-electron chi connectivity index (χ4n) is 2.07. The molecule has 2 heteroatoms. The minimum absolute atomic E-state index is 0.0618. The van der Waals surface area contributed by atoms with Crippen LogP contribution in [-0.4, -0.2) is 18.2 Å². The molecule has 2 nitrogen and oxygen atoms in total. The van der Waals surface area contributed by atoms with Gasteiger partial charge in [-0.2, -0.15) is 0 Å². The first kappa shape index (κ1) is 11.0. The molecule has 1 rings (SSSR count). The fraction of sp³-hybridized carbons (Fsp3) is 1.00. The van der Waals surface area contributed by atoms with E-state index < -0.39 is 0 Å². The lowest BCUT2D eigenvalue weighted by Crippen LogP contribution is -2.52. The van der Waals surface area contributed by atoms with E-state index in [-0.39, 0.29) is 11.6 Å². The van der Waals surface area contributed by atoms with E-state index in [1.165, 1.54) is 12.8 Å². The van der Waals surface area contributed by atoms with Gasteiger partial charge in [0.25, 0.3) is 0 Å². The molecule has 2 N–H and O–H groups in total. The third-order valence-electron chi connectivity index (χ3n) is 3.46. The van der Waals surface area contributed by atoms with Crippen molar-refractivity contribution in [3.63, 3.8) is 0 Å². The minimum Gasteiger partial charge on any atom is -0.374 e. The van der Waals surface area contributed by atoms with E-state index in [9.17, 15) is 0 Å². The van der Waals surface area contributed by atoms with Crippen LogP contribution < -0.4 is 5.73 Å². The number of rotatable bonds is 3. The number of nitrogens with two attached hydrogens (primary N) is 1. The summed E-state index contributed by atoms with van der Waals surface area (Å²) >= 11 is 0. The largest absolute Gasteiger partial charge is 0.374 e. The first-order valence-electron chi connectivity index (χ1n) is 5.49. The monoisotopic (exact) mass is 185 g/mol. The fourth-order valence-corrected chi connectivity index (χ4v) is 2.07. The average molecular weight is 185 g/mol. The Kier molecular flexibility index (Phi) is 3.74. The van der Waals surface area contributed by atoms with Gasteiger partial charge in [-0.15, -0.1) is 0 Å². The standard InChI is InChI=1S/C11H23NO/c1-4-9(2)10(12)11(3)7-5-6-8-13-11/h9-10H,4-8,12H2,1-3H3. The topological polar surface area (TPSA) is 35.2 Å². The minimum atomic E-state index is -0.0618. The lowest BCUT2D eigenvalue weighted by molar-refractivity contribution is -0.0907. The highest BCUT2D eigenvalue weighted by atomic mass is 16.5. The van der Waals surface area contributed by atoms with E-state index in [1.54, 1.807) is 0 Å². The Labute approximate surface area is 81.8 Å². The van der Waals surface area contributed by atoms with Crippen molar-refractivity contribution >= 4 is 0 Å². The normalized spacial score (nSPS) is 34.2. The summed E-state index contributed by atoms with van der Waals surface area (Å²) in [4.78, 5) is 0. The molecule has 0 radical (unpaired) electrons. The molecule has 1 fully saturated rings. The average Bonchev–Trinajstić information content (AvgIpc) is 2.16. The molecule has 13 heavy (non-hydrogen) atoms. The molecule has 1 saturated heterocycles. The highest BCUT2D eigenvalue weighted by Gasteiger charge is 2.36. The van der Waals surface area contributed by atoms with Crippen molar-refractivity contribution in [3.05, 3.63) is 0 Å². The number of hydrogen-bond donors (Lipinski definition) is 1. The molecule has 0 aromatic heterocycles. The zero-order chi connectivity index (χ0) is 9.90. The SMILES string of the molecule is CCC(C)C(N)C1(C)CCCCO1. The van der Waals surface area contributed by atoms with Crippen LogP contribution >= 0.6 is 0 Å². The second kappa shape index (κ2) is 4.43. The van der Waals surface area contributed by atoms with Crippen LogP contribution in [0, 0.1) is 5.92 Å². The van der Waals surface area contributed by atoms with Gasteiger partial charge in [-0.1, -0.05) is 20.3 Å². The van der Waals surface area contributed by atoms with E-state index in [2.05, 4.69) is 20.8 Å². The van der Waals surface area contributed by atoms with Crippen molar-refractivity contribution in [1.82, 2.24) is 0 Å². The van der Waals surface area contributed by atoms with Gasteiger partial charge < -0.3 is 10.5 Å². The van der Waals surface area contributed by atoms with Crippen LogP contribution in [0.3, 0.4) is 0 Å². The van der Waals surface area contributed by atoms with Gasteiger partial charge in [0.05, 0.1) is 5.60 Å². The van der Waals surface area contributed by atoms with Crippen LogP contribution in [0.25, 0.3) is 0 Å². The molecule has 0 bridgehead atoms. The van der Waals surface area contributed by atoms with Crippen LogP contribution in [0.15, 0.2) is 0 Å². The van der Waals surface area contributed by atoms with Crippen LogP contribution in [-0.2, 0) is 4.74 Å². The summed E-state index contributed by atoms with van der Waals surface area (Å²) in [7, 11) is 0. The molecule has 1 aliphatic heterocycles. The number of ether oxygens (including phenoxy) is 1. The first-order valence-corrected chi connectivity index (χ1v) is 5.49. The second-order valence-electron chi connectivity index (χ2n) is 4.53. The highest BCUT2D eigenvalue weighted by Crippen LogP contribution is 2.30. The first-order chi connectivity index (χ1) is 6.10. The summed E-state index contributed by atoms with van der Waals surface area (Å²) in [5.74, 6) is 0.558. The van der Waals surface area contributed by atoms with Gasteiger partial charge in [0.2, 0.25) is 0 Å². The molecule has 0 amide bonds. The summed E-state index contributed by atoms with van der Waals surface area (Å²) in [5, 5.41) is 0. The molecule has 0 saturated carbocycles. The molecule has 3 unspecified atom stereocenters. The molecule has 0 spiro atoms. The van der Waals surface area contributed by atoms with Crippen LogP contribution in [0.5, 0.6) is 0 Å². The van der Waals surface area contributed by atoms with E-state index >= 15 is 0 Å². The maximum absolute atomic E-state index is 6.21. The summed E-state index contributed by atoms with van der Waals surface area (Å²) in [6, 6.07) is 0.192. The Hall–Kier alpha value is -0.0800. The predicted octanol–water partition coefficient (Wildman–Crippen LogP) is 2.32. The molecule has 78 valence electrons. The van der Waals surface area contributed by atoms with E-state index in [4.69, 9.17) is 10.5 Å². The molecule has 0 aliphatic carbocycles. The van der Waals surface area contributed by atoms with Gasteiger partial charge in [0.15, 0.2) is 0 Å². The molecule has 0 aromatic rings. The molecule has 1 aliphatic rings. The van der Waals surface area contributed by atoms with Gasteiger partial charge in [0, 0.05) is 12.6 Å². The smallest absolute Gasteiger partial charge is 0.0807 e. The lowest BCUT2D eigenvalue weighted by atomic mass is 9.81. The Morgan fingerprint density at radius 2 is 2.15 bits per heavy atom. The van der Waals surface area contributed by atoms with Crippen molar-refractivity contribution in [3.8, 4) is 0 Å². The second-order valence-corrected chi connectivity index (χ2v) is 4.53. The van der Waals surface area contributed by atoms with Gasteiger partial charge >= 0.3 is 0 Å². The van der Waals surface area contributed by atoms with Gasteiger partial charge in [-0.05, 0) is 32.1 Å². The Bertz CT molecular complexity index is 152. The van der Waals surface area contributed by atoms with Crippen LogP contribution in [0.4, 0.5) is 0 Å². The third kappa shape index (κ3) is 2.44. The molecular weight excluding hydrogens is 162 g/mol. The van der Waals surface area contributed by atoms with Gasteiger partial charge in [-0.3, -0.25) is 0 Å². The van der Waals surface area contributed by atoms with Gasteiger partial charge in [0.1, 0.15) is 0 Å². The molecule has 3 atom stereocenters. The Balaban J connectivity index is 2.55. The van der Waals surface area contributed by atoms with Crippen molar-refractivity contribution in [2.24, 2.45) is 11.7 Å². The predicted molar refractivity (Wildman–Crippen MR) is 55.6 cm³/mol. The summed E-state index contributed by atoms with van der Waals surface area (Å²) in [6.45, 7) is 7.47. The zero-order valence-electron chi connectivity index (χ0n) is 9.18. The van der Waals surface area contributed by atoms with Crippen molar-refractivity contribution < 1.29 is 4.74 Å². The van der Waals surface area contributed by atoms with E-state index in [0.29, 0.717) is 5.92 Å². The van der Waals surface area contributed by atoms with Crippen molar-refractivity contribution in [1.29, 1.82) is 0 Å². The van der Waals surface area contributed by atoms with Crippen molar-refractivity contribution in [2.45, 2.75) is 58.1 Å². The van der Waals surface area contributed by atoms with E-state index in [0.717, 1.165) is 19.4 Å². The number of hydrogen-bond acceptors (Lipinski definition) is 2.